The molecule has 0 heterocycles. The number of hydrogen-bond acceptors (Lipinski definition) is 6. The lowest BCUT2D eigenvalue weighted by molar-refractivity contribution is 0.102. The predicted octanol–water partition coefficient (Wildman–Crippen LogP) is 2.75. The summed E-state index contributed by atoms with van der Waals surface area (Å²) in [5.41, 5.74) is 0.768. The predicted molar refractivity (Wildman–Crippen MR) is 108 cm³/mol. The van der Waals surface area contributed by atoms with Gasteiger partial charge in [0.15, 0.2) is 11.5 Å². The third kappa shape index (κ3) is 4.48. The highest BCUT2D eigenvalue weighted by atomic mass is 32.2. The lowest BCUT2D eigenvalue weighted by Crippen LogP contribution is -2.31. The number of ether oxygens (including phenoxy) is 3. The van der Waals surface area contributed by atoms with E-state index in [1.807, 2.05) is 0 Å². The van der Waals surface area contributed by atoms with Crippen molar-refractivity contribution in [3.63, 3.8) is 0 Å². The van der Waals surface area contributed by atoms with Crippen LogP contribution < -0.4 is 23.8 Å². The number of sulfonamides is 1. The molecule has 152 valence electrons. The highest BCUT2D eigenvalue weighted by Crippen LogP contribution is 2.37. The van der Waals surface area contributed by atoms with Crippen LogP contribution in [0.3, 0.4) is 0 Å². The molecular weight excluding hydrogens is 384 g/mol. The van der Waals surface area contributed by atoms with Crippen LogP contribution >= 0.6 is 0 Å². The molecule has 2 aromatic carbocycles. The number of methoxy groups -OCH3 is 3. The Morgan fingerprint density at radius 3 is 2.11 bits per heavy atom. The van der Waals surface area contributed by atoms with E-state index in [1.54, 1.807) is 31.2 Å². The number of anilines is 2. The van der Waals surface area contributed by atoms with Crippen molar-refractivity contribution in [2.24, 2.45) is 0 Å². The van der Waals surface area contributed by atoms with E-state index in [1.165, 1.54) is 33.5 Å². The topological polar surface area (TPSA) is 94.2 Å². The van der Waals surface area contributed by atoms with Crippen LogP contribution in [-0.4, -0.2) is 48.5 Å². The first kappa shape index (κ1) is 21.4. The second-order valence-corrected chi connectivity index (χ2v) is 7.71. The zero-order valence-electron chi connectivity index (χ0n) is 16.5. The van der Waals surface area contributed by atoms with Crippen molar-refractivity contribution in [3.05, 3.63) is 42.0 Å². The monoisotopic (exact) mass is 408 g/mol. The standard InChI is InChI=1S/C19H24N2O6S/c1-6-21(28(5,23)24)15-12-18(27-4)17(26-3)11-13(15)19(22)20-14-9-7-8-10-16(14)25-2/h7-12H,6H2,1-5H3,(H,20,22). The van der Waals surface area contributed by atoms with Crippen LogP contribution in [0.15, 0.2) is 36.4 Å². The Labute approximate surface area is 165 Å². The molecule has 0 aliphatic heterocycles. The van der Waals surface area contributed by atoms with Crippen LogP contribution in [0.5, 0.6) is 17.2 Å². The Hall–Kier alpha value is -2.94. The van der Waals surface area contributed by atoms with Crippen LogP contribution in [0, 0.1) is 0 Å². The third-order valence-electron chi connectivity index (χ3n) is 4.06. The van der Waals surface area contributed by atoms with Crippen LogP contribution in [0.4, 0.5) is 11.4 Å². The van der Waals surface area contributed by atoms with Crippen LogP contribution in [0.25, 0.3) is 0 Å². The molecule has 0 unspecified atom stereocenters. The molecule has 0 fully saturated rings. The Bertz CT molecular complexity index is 959. The maximum atomic E-state index is 13.0. The van der Waals surface area contributed by atoms with Gasteiger partial charge in [-0.25, -0.2) is 8.42 Å². The molecule has 0 aliphatic carbocycles. The molecule has 1 amide bonds. The molecule has 9 heteroatoms. The number of para-hydroxylation sites is 2. The summed E-state index contributed by atoms with van der Waals surface area (Å²) in [5, 5.41) is 2.76. The molecule has 2 aromatic rings. The van der Waals surface area contributed by atoms with E-state index in [0.29, 0.717) is 22.9 Å². The van der Waals surface area contributed by atoms with Crippen molar-refractivity contribution in [1.29, 1.82) is 0 Å². The molecule has 0 aliphatic rings. The van der Waals surface area contributed by atoms with Crippen molar-refractivity contribution in [1.82, 2.24) is 0 Å². The maximum Gasteiger partial charge on any atom is 0.258 e. The highest BCUT2D eigenvalue weighted by molar-refractivity contribution is 7.92. The molecule has 0 bridgehead atoms. The first-order valence-electron chi connectivity index (χ1n) is 8.44. The second-order valence-electron chi connectivity index (χ2n) is 5.81. The van der Waals surface area contributed by atoms with Crippen molar-refractivity contribution < 1.29 is 27.4 Å². The molecule has 1 N–H and O–H groups in total. The lowest BCUT2D eigenvalue weighted by atomic mass is 10.1. The molecule has 0 saturated heterocycles. The fraction of sp³-hybridized carbons (Fsp3) is 0.316. The van der Waals surface area contributed by atoms with Gasteiger partial charge in [-0.05, 0) is 25.1 Å². The second kappa shape index (κ2) is 8.83. The largest absolute Gasteiger partial charge is 0.495 e. The van der Waals surface area contributed by atoms with Crippen molar-refractivity contribution in [2.45, 2.75) is 6.92 Å². The molecule has 0 aromatic heterocycles. The number of benzene rings is 2. The minimum atomic E-state index is -3.62. The first-order chi connectivity index (χ1) is 13.3. The summed E-state index contributed by atoms with van der Waals surface area (Å²) in [6.45, 7) is 1.82. The Kier molecular flexibility index (Phi) is 6.74. The van der Waals surface area contributed by atoms with E-state index in [2.05, 4.69) is 5.32 Å². The third-order valence-corrected chi connectivity index (χ3v) is 5.31. The van der Waals surface area contributed by atoms with Gasteiger partial charge >= 0.3 is 0 Å². The zero-order chi connectivity index (χ0) is 20.9. The Balaban J connectivity index is 2.61. The quantitative estimate of drug-likeness (QED) is 0.722. The molecule has 0 atom stereocenters. The molecule has 0 saturated carbocycles. The Morgan fingerprint density at radius 2 is 1.57 bits per heavy atom. The van der Waals surface area contributed by atoms with Crippen LogP contribution in [0.1, 0.15) is 17.3 Å². The molecule has 28 heavy (non-hydrogen) atoms. The number of hydrogen-bond donors (Lipinski definition) is 1. The summed E-state index contributed by atoms with van der Waals surface area (Å²) in [6.07, 6.45) is 1.08. The average molecular weight is 408 g/mol. The molecule has 0 spiro atoms. The van der Waals surface area contributed by atoms with Crippen LogP contribution in [-0.2, 0) is 10.0 Å². The summed E-state index contributed by atoms with van der Waals surface area (Å²) in [6, 6.07) is 9.85. The lowest BCUT2D eigenvalue weighted by Gasteiger charge is -2.24. The number of carbonyl (C=O) groups is 1. The van der Waals surface area contributed by atoms with E-state index in [9.17, 15) is 13.2 Å². The highest BCUT2D eigenvalue weighted by Gasteiger charge is 2.25. The zero-order valence-corrected chi connectivity index (χ0v) is 17.3. The molecule has 2 rings (SSSR count). The summed E-state index contributed by atoms with van der Waals surface area (Å²) >= 11 is 0. The van der Waals surface area contributed by atoms with E-state index in [-0.39, 0.29) is 17.8 Å². The summed E-state index contributed by atoms with van der Waals surface area (Å²) in [5.74, 6) is 0.588. The van der Waals surface area contributed by atoms with Crippen molar-refractivity contribution in [3.8, 4) is 17.2 Å². The normalized spacial score (nSPS) is 10.9. The van der Waals surface area contributed by atoms with Gasteiger partial charge in [-0.15, -0.1) is 0 Å². The van der Waals surface area contributed by atoms with E-state index < -0.39 is 15.9 Å². The van der Waals surface area contributed by atoms with E-state index >= 15 is 0 Å². The SMILES string of the molecule is CCN(c1cc(OC)c(OC)cc1C(=O)Nc1ccccc1OC)S(C)(=O)=O. The first-order valence-corrected chi connectivity index (χ1v) is 10.3. The summed E-state index contributed by atoms with van der Waals surface area (Å²) in [7, 11) is 0.749. The van der Waals surface area contributed by atoms with Crippen molar-refractivity contribution in [2.75, 3.05) is 43.8 Å². The van der Waals surface area contributed by atoms with Gasteiger partial charge in [0.1, 0.15) is 5.75 Å². The molecule has 8 nitrogen and oxygen atoms in total. The van der Waals surface area contributed by atoms with Gasteiger partial charge in [-0.1, -0.05) is 12.1 Å². The van der Waals surface area contributed by atoms with Gasteiger partial charge in [-0.2, -0.15) is 0 Å². The fourth-order valence-corrected chi connectivity index (χ4v) is 3.75. The number of carbonyl (C=O) groups excluding carboxylic acids is 1. The average Bonchev–Trinajstić information content (AvgIpc) is 2.67. The van der Waals surface area contributed by atoms with Gasteiger partial charge in [0.05, 0.1) is 44.5 Å². The Morgan fingerprint density at radius 1 is 1.00 bits per heavy atom. The van der Waals surface area contributed by atoms with Gasteiger partial charge in [0.25, 0.3) is 5.91 Å². The van der Waals surface area contributed by atoms with Crippen molar-refractivity contribution >= 4 is 27.3 Å². The van der Waals surface area contributed by atoms with Gasteiger partial charge in [-0.3, -0.25) is 9.10 Å². The number of rotatable bonds is 8. The van der Waals surface area contributed by atoms with Gasteiger partial charge in [0, 0.05) is 12.6 Å². The number of nitrogens with zero attached hydrogens (tertiary/aromatic N) is 1. The van der Waals surface area contributed by atoms with E-state index in [4.69, 9.17) is 14.2 Å². The minimum Gasteiger partial charge on any atom is -0.495 e. The van der Waals surface area contributed by atoms with E-state index in [0.717, 1.165) is 10.6 Å². The summed E-state index contributed by atoms with van der Waals surface area (Å²) in [4.78, 5) is 13.0. The minimum absolute atomic E-state index is 0.121. The maximum absolute atomic E-state index is 13.0. The molecule has 0 radical (unpaired) electrons. The number of amides is 1. The number of nitrogens with one attached hydrogen (secondary N) is 1. The van der Waals surface area contributed by atoms with Crippen LogP contribution in [0.2, 0.25) is 0 Å². The fourth-order valence-electron chi connectivity index (χ4n) is 2.78. The molecular formula is C19H24N2O6S. The smallest absolute Gasteiger partial charge is 0.258 e. The van der Waals surface area contributed by atoms with Gasteiger partial charge < -0.3 is 19.5 Å². The summed E-state index contributed by atoms with van der Waals surface area (Å²) < 4.78 is 41.4. The van der Waals surface area contributed by atoms with Gasteiger partial charge in [0.2, 0.25) is 10.0 Å².